The molecule has 0 aliphatic rings. The summed E-state index contributed by atoms with van der Waals surface area (Å²) in [5.41, 5.74) is 11.2. The third kappa shape index (κ3) is 5.07. The summed E-state index contributed by atoms with van der Waals surface area (Å²) in [6.45, 7) is 0. The molecule has 2 heterocycles. The maximum Gasteiger partial charge on any atom is 0.160 e. The van der Waals surface area contributed by atoms with Crippen molar-refractivity contribution in [1.82, 2.24) is 9.97 Å². The molecule has 2 aromatic heterocycles. The Labute approximate surface area is 277 Å². The molecule has 0 N–H and O–H groups in total. The molecule has 0 saturated carbocycles. The van der Waals surface area contributed by atoms with Crippen LogP contribution in [0.5, 0.6) is 0 Å². The molecule has 0 radical (unpaired) electrons. The molecular formula is C44H28N2S. The van der Waals surface area contributed by atoms with Gasteiger partial charge in [0.05, 0.1) is 15.9 Å². The van der Waals surface area contributed by atoms with Crippen LogP contribution in [0.1, 0.15) is 0 Å². The lowest BCUT2D eigenvalue weighted by Crippen LogP contribution is -1.94. The lowest BCUT2D eigenvalue weighted by Gasteiger charge is -2.10. The van der Waals surface area contributed by atoms with Gasteiger partial charge in [0.25, 0.3) is 0 Å². The number of aromatic nitrogens is 2. The highest BCUT2D eigenvalue weighted by molar-refractivity contribution is 7.26. The van der Waals surface area contributed by atoms with Gasteiger partial charge >= 0.3 is 0 Å². The van der Waals surface area contributed by atoms with E-state index in [9.17, 15) is 0 Å². The Bertz CT molecular complexity index is 2550. The summed E-state index contributed by atoms with van der Waals surface area (Å²) < 4.78 is 2.34. The van der Waals surface area contributed by atoms with Crippen LogP contribution < -0.4 is 0 Å². The largest absolute Gasteiger partial charge is 0.226 e. The monoisotopic (exact) mass is 616 g/mol. The van der Waals surface area contributed by atoms with Gasteiger partial charge in [-0.1, -0.05) is 146 Å². The SMILES string of the molecule is c1ccc(-c2ccc(-c3cccc(-c4cccc(-c5nc(-c6ccccc6)c6sc7cc8ccccc8cc7c6n5)c4)c3)cc2)cc1. The molecule has 47 heavy (non-hydrogen) atoms. The Morgan fingerprint density at radius 3 is 1.53 bits per heavy atom. The Hall–Kier alpha value is -5.90. The van der Waals surface area contributed by atoms with Gasteiger partial charge in [-0.2, -0.15) is 0 Å². The van der Waals surface area contributed by atoms with Crippen molar-refractivity contribution in [2.45, 2.75) is 0 Å². The van der Waals surface area contributed by atoms with Gasteiger partial charge in [0.15, 0.2) is 5.82 Å². The summed E-state index contributed by atoms with van der Waals surface area (Å²) in [4.78, 5) is 10.5. The Morgan fingerprint density at radius 2 is 0.851 bits per heavy atom. The second kappa shape index (κ2) is 11.5. The average molecular weight is 617 g/mol. The predicted octanol–water partition coefficient (Wildman–Crippen LogP) is 12.3. The summed E-state index contributed by atoms with van der Waals surface area (Å²) in [5, 5.41) is 3.63. The zero-order chi connectivity index (χ0) is 31.2. The number of benzene rings is 7. The molecule has 9 rings (SSSR count). The maximum atomic E-state index is 5.26. The summed E-state index contributed by atoms with van der Waals surface area (Å²) in [6, 6.07) is 60.3. The van der Waals surface area contributed by atoms with Crippen molar-refractivity contribution in [2.75, 3.05) is 0 Å². The minimum absolute atomic E-state index is 0.735. The summed E-state index contributed by atoms with van der Waals surface area (Å²) in [5.74, 6) is 0.735. The van der Waals surface area contributed by atoms with Crippen LogP contribution in [0.25, 0.3) is 87.1 Å². The van der Waals surface area contributed by atoms with E-state index in [1.54, 1.807) is 11.3 Å². The third-order valence-electron chi connectivity index (χ3n) is 8.87. The standard InChI is InChI=1S/C44H28N2S/c1-3-11-29(12-4-1)30-21-23-31(24-22-30)33-17-9-18-34(25-33)35-19-10-20-38(26-35)44-45-41(32-13-5-2-6-14-32)43-42(46-44)39-27-36-15-7-8-16-37(36)28-40(39)47-43/h1-28H. The minimum Gasteiger partial charge on any atom is -0.226 e. The van der Waals surface area contributed by atoms with Crippen LogP contribution in [-0.4, -0.2) is 9.97 Å². The van der Waals surface area contributed by atoms with E-state index in [1.807, 2.05) is 0 Å². The Balaban J connectivity index is 1.14. The Morgan fingerprint density at radius 1 is 0.362 bits per heavy atom. The van der Waals surface area contributed by atoms with E-state index in [4.69, 9.17) is 9.97 Å². The number of rotatable bonds is 5. The van der Waals surface area contributed by atoms with Gasteiger partial charge in [0.1, 0.15) is 0 Å². The molecule has 0 fully saturated rings. The lowest BCUT2D eigenvalue weighted by molar-refractivity contribution is 1.24. The fourth-order valence-electron chi connectivity index (χ4n) is 6.45. The van der Waals surface area contributed by atoms with E-state index in [1.165, 1.54) is 43.1 Å². The molecule has 0 spiro atoms. The number of hydrogen-bond donors (Lipinski definition) is 0. The van der Waals surface area contributed by atoms with Gasteiger partial charge in [-0.05, 0) is 68.4 Å². The number of fused-ring (bicyclic) bond motifs is 4. The van der Waals surface area contributed by atoms with Gasteiger partial charge in [-0.15, -0.1) is 11.3 Å². The van der Waals surface area contributed by atoms with Crippen LogP contribution in [0.3, 0.4) is 0 Å². The fourth-order valence-corrected chi connectivity index (χ4v) is 7.64. The highest BCUT2D eigenvalue weighted by atomic mass is 32.1. The quantitative estimate of drug-likeness (QED) is 0.192. The minimum atomic E-state index is 0.735. The van der Waals surface area contributed by atoms with E-state index >= 15 is 0 Å². The molecule has 0 aliphatic carbocycles. The number of thiophene rings is 1. The molecule has 7 aromatic carbocycles. The normalized spacial score (nSPS) is 11.4. The molecule has 0 aliphatic heterocycles. The van der Waals surface area contributed by atoms with Crippen molar-refractivity contribution in [3.05, 3.63) is 170 Å². The summed E-state index contributed by atoms with van der Waals surface area (Å²) >= 11 is 1.78. The van der Waals surface area contributed by atoms with E-state index in [0.717, 1.165) is 44.0 Å². The molecule has 220 valence electrons. The first-order chi connectivity index (χ1) is 23.3. The molecule has 2 nitrogen and oxygen atoms in total. The van der Waals surface area contributed by atoms with Crippen molar-refractivity contribution in [3.8, 4) is 56.0 Å². The van der Waals surface area contributed by atoms with Crippen LogP contribution >= 0.6 is 11.3 Å². The third-order valence-corrected chi connectivity index (χ3v) is 10.0. The topological polar surface area (TPSA) is 25.8 Å². The van der Waals surface area contributed by atoms with Gasteiger partial charge in [0.2, 0.25) is 0 Å². The molecule has 0 unspecified atom stereocenters. The van der Waals surface area contributed by atoms with Crippen molar-refractivity contribution in [1.29, 1.82) is 0 Å². The van der Waals surface area contributed by atoms with Crippen molar-refractivity contribution < 1.29 is 0 Å². The molecule has 0 amide bonds. The van der Waals surface area contributed by atoms with E-state index < -0.39 is 0 Å². The highest BCUT2D eigenvalue weighted by Crippen LogP contribution is 2.41. The van der Waals surface area contributed by atoms with Gasteiger partial charge < -0.3 is 0 Å². The zero-order valence-electron chi connectivity index (χ0n) is 25.5. The second-order valence-corrected chi connectivity index (χ2v) is 12.9. The molecule has 3 heteroatoms. The Kier molecular flexibility index (Phi) is 6.69. The second-order valence-electron chi connectivity index (χ2n) is 11.8. The first kappa shape index (κ1) is 27.4. The van der Waals surface area contributed by atoms with E-state index in [-0.39, 0.29) is 0 Å². The smallest absolute Gasteiger partial charge is 0.160 e. The first-order valence-corrected chi connectivity index (χ1v) is 16.6. The molecule has 9 aromatic rings. The lowest BCUT2D eigenvalue weighted by atomic mass is 9.96. The van der Waals surface area contributed by atoms with Crippen LogP contribution in [-0.2, 0) is 0 Å². The number of nitrogens with zero attached hydrogens (tertiary/aromatic N) is 2. The van der Waals surface area contributed by atoms with Crippen LogP contribution in [0, 0.1) is 0 Å². The zero-order valence-corrected chi connectivity index (χ0v) is 26.3. The van der Waals surface area contributed by atoms with Crippen molar-refractivity contribution in [3.63, 3.8) is 0 Å². The number of hydrogen-bond acceptors (Lipinski definition) is 3. The highest BCUT2D eigenvalue weighted by Gasteiger charge is 2.17. The van der Waals surface area contributed by atoms with E-state index in [0.29, 0.717) is 0 Å². The predicted molar refractivity (Wildman–Crippen MR) is 200 cm³/mol. The van der Waals surface area contributed by atoms with Gasteiger partial charge in [-0.3, -0.25) is 0 Å². The van der Waals surface area contributed by atoms with Crippen molar-refractivity contribution in [2.24, 2.45) is 0 Å². The molecular weight excluding hydrogens is 589 g/mol. The van der Waals surface area contributed by atoms with Crippen LogP contribution in [0.4, 0.5) is 0 Å². The van der Waals surface area contributed by atoms with Crippen LogP contribution in [0.2, 0.25) is 0 Å². The fraction of sp³-hybridized carbons (Fsp3) is 0. The maximum absolute atomic E-state index is 5.26. The van der Waals surface area contributed by atoms with Crippen LogP contribution in [0.15, 0.2) is 170 Å². The summed E-state index contributed by atoms with van der Waals surface area (Å²) in [6.07, 6.45) is 0. The average Bonchev–Trinajstić information content (AvgIpc) is 3.51. The summed E-state index contributed by atoms with van der Waals surface area (Å²) in [7, 11) is 0. The molecule has 0 saturated heterocycles. The van der Waals surface area contributed by atoms with E-state index in [2.05, 4.69) is 170 Å². The molecule has 0 bridgehead atoms. The first-order valence-electron chi connectivity index (χ1n) is 15.8. The van der Waals surface area contributed by atoms with Gasteiger partial charge in [-0.25, -0.2) is 9.97 Å². The van der Waals surface area contributed by atoms with Gasteiger partial charge in [0, 0.05) is 21.2 Å². The van der Waals surface area contributed by atoms with Crippen molar-refractivity contribution >= 4 is 42.4 Å². The molecule has 0 atom stereocenters.